The van der Waals surface area contributed by atoms with Crippen molar-refractivity contribution in [2.45, 2.75) is 26.2 Å². The van der Waals surface area contributed by atoms with E-state index in [1.807, 2.05) is 6.92 Å². The third-order valence-corrected chi connectivity index (χ3v) is 2.53. The molecule has 0 heterocycles. The monoisotopic (exact) mass is 268 g/mol. The Labute approximate surface area is 112 Å². The normalized spacial score (nSPS) is 10.2. The van der Waals surface area contributed by atoms with Crippen molar-refractivity contribution < 1.29 is 14.8 Å². The van der Waals surface area contributed by atoms with Gasteiger partial charge in [-0.15, -0.1) is 0 Å². The molecule has 0 bridgehead atoms. The first-order valence-corrected chi connectivity index (χ1v) is 6.45. The molecule has 0 atom stereocenters. The highest BCUT2D eigenvalue weighted by Crippen LogP contribution is 2.30. The molecule has 0 aliphatic rings. The number of nitro groups is 1. The molecule has 19 heavy (non-hydrogen) atoms. The van der Waals surface area contributed by atoms with Crippen molar-refractivity contribution in [2.75, 3.05) is 25.1 Å². The lowest BCUT2D eigenvalue weighted by Gasteiger charge is -2.09. The number of nitrogens with zero attached hydrogens (tertiary/aromatic N) is 1. The number of ether oxygens (including phenoxy) is 1. The number of nitrogens with one attached hydrogen (secondary N) is 1. The summed E-state index contributed by atoms with van der Waals surface area (Å²) in [7, 11) is 0. The summed E-state index contributed by atoms with van der Waals surface area (Å²) in [5.41, 5.74) is 0.768. The third kappa shape index (κ3) is 5.13. The van der Waals surface area contributed by atoms with E-state index in [4.69, 9.17) is 9.84 Å². The summed E-state index contributed by atoms with van der Waals surface area (Å²) in [5.74, 6) is 0.291. The first kappa shape index (κ1) is 15.2. The van der Waals surface area contributed by atoms with Crippen LogP contribution in [-0.4, -0.2) is 29.8 Å². The Balaban J connectivity index is 2.70. The molecule has 1 aromatic carbocycles. The van der Waals surface area contributed by atoms with Crippen molar-refractivity contribution in [3.63, 3.8) is 0 Å². The number of hydrogen-bond donors (Lipinski definition) is 2. The maximum Gasteiger partial charge on any atom is 0.311 e. The first-order chi connectivity index (χ1) is 9.19. The zero-order valence-electron chi connectivity index (χ0n) is 11.1. The molecule has 2 N–H and O–H groups in total. The van der Waals surface area contributed by atoms with Gasteiger partial charge in [0.15, 0.2) is 5.75 Å². The number of aliphatic hydroxyl groups excluding tert-OH is 1. The predicted octanol–water partition coefficient (Wildman–Crippen LogP) is 2.57. The molecule has 0 radical (unpaired) electrons. The second kappa shape index (κ2) is 8.31. The highest BCUT2D eigenvalue weighted by Gasteiger charge is 2.15. The van der Waals surface area contributed by atoms with Crippen LogP contribution in [0.4, 0.5) is 11.4 Å². The minimum absolute atomic E-state index is 0.0191. The highest BCUT2D eigenvalue weighted by molar-refractivity contribution is 5.57. The van der Waals surface area contributed by atoms with Crippen LogP contribution in [0.15, 0.2) is 18.2 Å². The highest BCUT2D eigenvalue weighted by atomic mass is 16.6. The van der Waals surface area contributed by atoms with E-state index < -0.39 is 4.92 Å². The first-order valence-electron chi connectivity index (χ1n) is 6.45. The zero-order chi connectivity index (χ0) is 14.1. The fourth-order valence-corrected chi connectivity index (χ4v) is 1.57. The molecule has 1 aromatic rings. The molecule has 0 saturated heterocycles. The average molecular weight is 268 g/mol. The van der Waals surface area contributed by atoms with Gasteiger partial charge in [-0.25, -0.2) is 0 Å². The van der Waals surface area contributed by atoms with E-state index in [1.54, 1.807) is 12.1 Å². The van der Waals surface area contributed by atoms with Crippen LogP contribution < -0.4 is 10.1 Å². The quantitative estimate of drug-likeness (QED) is 0.408. The Hall–Kier alpha value is -1.82. The summed E-state index contributed by atoms with van der Waals surface area (Å²) in [6, 6.07) is 4.75. The zero-order valence-corrected chi connectivity index (χ0v) is 11.1. The summed E-state index contributed by atoms with van der Waals surface area (Å²) in [5, 5.41) is 22.7. The molecule has 0 unspecified atom stereocenters. The van der Waals surface area contributed by atoms with Crippen molar-refractivity contribution >= 4 is 11.4 Å². The van der Waals surface area contributed by atoms with Crippen LogP contribution in [0.2, 0.25) is 0 Å². The Morgan fingerprint density at radius 1 is 1.42 bits per heavy atom. The van der Waals surface area contributed by atoms with Crippen molar-refractivity contribution in [2.24, 2.45) is 0 Å². The Bertz CT molecular complexity index is 410. The lowest BCUT2D eigenvalue weighted by atomic mass is 10.2. The molecule has 106 valence electrons. The van der Waals surface area contributed by atoms with E-state index in [0.29, 0.717) is 18.9 Å². The Morgan fingerprint density at radius 2 is 2.21 bits per heavy atom. The van der Waals surface area contributed by atoms with Gasteiger partial charge in [0.05, 0.1) is 11.5 Å². The fourth-order valence-electron chi connectivity index (χ4n) is 1.57. The minimum Gasteiger partial charge on any atom is -0.487 e. The molecule has 6 nitrogen and oxygen atoms in total. The summed E-state index contributed by atoms with van der Waals surface area (Å²) in [6.07, 6.45) is 2.38. The van der Waals surface area contributed by atoms with Crippen molar-refractivity contribution in [3.8, 4) is 5.75 Å². The van der Waals surface area contributed by atoms with Crippen LogP contribution in [0, 0.1) is 10.1 Å². The van der Waals surface area contributed by atoms with E-state index in [0.717, 1.165) is 24.9 Å². The number of aliphatic hydroxyl groups is 1. The summed E-state index contributed by atoms with van der Waals surface area (Å²) in [6.45, 7) is 3.29. The van der Waals surface area contributed by atoms with Gasteiger partial charge in [0.2, 0.25) is 0 Å². The predicted molar refractivity (Wildman–Crippen MR) is 73.7 cm³/mol. The summed E-state index contributed by atoms with van der Waals surface area (Å²) >= 11 is 0. The van der Waals surface area contributed by atoms with Crippen molar-refractivity contribution in [1.29, 1.82) is 0 Å². The van der Waals surface area contributed by atoms with Crippen LogP contribution in [0.5, 0.6) is 5.75 Å². The van der Waals surface area contributed by atoms with E-state index >= 15 is 0 Å². The number of unbranched alkanes of at least 4 members (excludes halogenated alkanes) is 1. The van der Waals surface area contributed by atoms with Crippen LogP contribution in [0.1, 0.15) is 26.2 Å². The van der Waals surface area contributed by atoms with Crippen LogP contribution in [-0.2, 0) is 0 Å². The Morgan fingerprint density at radius 3 is 2.84 bits per heavy atom. The van der Waals surface area contributed by atoms with Gasteiger partial charge < -0.3 is 15.2 Å². The summed E-state index contributed by atoms with van der Waals surface area (Å²) < 4.78 is 5.39. The number of anilines is 1. The van der Waals surface area contributed by atoms with Gasteiger partial charge in [-0.2, -0.15) is 0 Å². The van der Waals surface area contributed by atoms with Gasteiger partial charge >= 0.3 is 5.69 Å². The SMILES string of the molecule is CCCOc1cc(NCCCCO)ccc1[N+](=O)[O-]. The standard InChI is InChI=1S/C13H20N2O4/c1-2-9-19-13-10-11(14-7-3-4-8-16)5-6-12(13)15(17)18/h5-6,10,14,16H,2-4,7-9H2,1H3. The lowest BCUT2D eigenvalue weighted by Crippen LogP contribution is -2.04. The minimum atomic E-state index is -0.444. The molecular formula is C13H20N2O4. The van der Waals surface area contributed by atoms with Gasteiger partial charge in [-0.1, -0.05) is 6.92 Å². The largest absolute Gasteiger partial charge is 0.487 e. The molecule has 0 saturated carbocycles. The maximum absolute atomic E-state index is 10.9. The molecule has 0 spiro atoms. The fraction of sp³-hybridized carbons (Fsp3) is 0.538. The number of nitro benzene ring substituents is 1. The molecule has 0 aliphatic heterocycles. The topological polar surface area (TPSA) is 84.6 Å². The van der Waals surface area contributed by atoms with Gasteiger partial charge in [0.1, 0.15) is 0 Å². The lowest BCUT2D eigenvalue weighted by molar-refractivity contribution is -0.385. The number of hydrogen-bond acceptors (Lipinski definition) is 5. The van der Waals surface area contributed by atoms with Gasteiger partial charge in [-0.3, -0.25) is 10.1 Å². The summed E-state index contributed by atoms with van der Waals surface area (Å²) in [4.78, 5) is 10.4. The Kier molecular flexibility index (Phi) is 6.67. The van der Waals surface area contributed by atoms with Gasteiger partial charge in [-0.05, 0) is 25.3 Å². The smallest absolute Gasteiger partial charge is 0.311 e. The van der Waals surface area contributed by atoms with Crippen molar-refractivity contribution in [1.82, 2.24) is 0 Å². The number of benzene rings is 1. The van der Waals surface area contributed by atoms with Crippen LogP contribution >= 0.6 is 0 Å². The van der Waals surface area contributed by atoms with Crippen LogP contribution in [0.25, 0.3) is 0 Å². The molecule has 0 aromatic heterocycles. The molecular weight excluding hydrogens is 248 g/mol. The average Bonchev–Trinajstić information content (AvgIpc) is 2.41. The maximum atomic E-state index is 10.9. The molecule has 0 fully saturated rings. The third-order valence-electron chi connectivity index (χ3n) is 2.53. The molecule has 0 aliphatic carbocycles. The van der Waals surface area contributed by atoms with E-state index in [9.17, 15) is 10.1 Å². The van der Waals surface area contributed by atoms with E-state index in [2.05, 4.69) is 5.32 Å². The second-order valence-electron chi connectivity index (χ2n) is 4.15. The van der Waals surface area contributed by atoms with Gasteiger partial charge in [0.25, 0.3) is 0 Å². The van der Waals surface area contributed by atoms with Gasteiger partial charge in [0, 0.05) is 31.0 Å². The van der Waals surface area contributed by atoms with E-state index in [1.165, 1.54) is 6.07 Å². The van der Waals surface area contributed by atoms with Crippen molar-refractivity contribution in [3.05, 3.63) is 28.3 Å². The molecule has 6 heteroatoms. The number of rotatable bonds is 9. The molecule has 1 rings (SSSR count). The van der Waals surface area contributed by atoms with Crippen LogP contribution in [0.3, 0.4) is 0 Å². The second-order valence-corrected chi connectivity index (χ2v) is 4.15. The molecule has 0 amide bonds. The van der Waals surface area contributed by atoms with E-state index in [-0.39, 0.29) is 12.3 Å².